The number of quaternary nitrogens is 1. The summed E-state index contributed by atoms with van der Waals surface area (Å²) in [7, 11) is 2.25. The monoisotopic (exact) mass is 483 g/mol. The molecule has 0 saturated heterocycles. The lowest BCUT2D eigenvalue weighted by Crippen LogP contribution is -3.00. The first-order chi connectivity index (χ1) is 12.9. The van der Waals surface area contributed by atoms with E-state index in [-0.39, 0.29) is 17.0 Å². The zero-order chi connectivity index (χ0) is 20.4. The summed E-state index contributed by atoms with van der Waals surface area (Å²) in [6.07, 6.45) is 13.7. The lowest BCUT2D eigenvalue weighted by atomic mass is 10.1. The molecule has 28 heavy (non-hydrogen) atoms. The molecule has 0 rings (SSSR count). The van der Waals surface area contributed by atoms with Gasteiger partial charge in [-0.1, -0.05) is 51.9 Å². The first kappa shape index (κ1) is 30.7. The van der Waals surface area contributed by atoms with Crippen LogP contribution < -0.4 is 17.0 Å². The quantitative estimate of drug-likeness (QED) is 0.151. The number of hydrogen-bond acceptors (Lipinski definition) is 3. The van der Waals surface area contributed by atoms with Crippen molar-refractivity contribution >= 4 is 8.80 Å². The SMILES string of the molecule is CCCCCCCCCCC[N+](C)(C)CCC[Si](OCC)(OCC)OCC.[Br-]. The van der Waals surface area contributed by atoms with E-state index in [2.05, 4.69) is 21.0 Å². The number of halogens is 1. The van der Waals surface area contributed by atoms with Crippen LogP contribution >= 0.6 is 0 Å². The molecule has 0 bridgehead atoms. The predicted molar refractivity (Wildman–Crippen MR) is 119 cm³/mol. The van der Waals surface area contributed by atoms with Crippen LogP contribution in [-0.2, 0) is 13.3 Å². The van der Waals surface area contributed by atoms with Crippen LogP contribution in [0.15, 0.2) is 0 Å². The third kappa shape index (κ3) is 16.3. The standard InChI is InChI=1S/C22H50NO3Si.BrH/c1-7-11-12-13-14-15-16-17-18-20-23(5,6)21-19-22-27(24-8-2,25-9-3)26-10-4;/h7-22H2,1-6H3;1H/q+1;/p-1. The van der Waals surface area contributed by atoms with E-state index in [4.69, 9.17) is 13.3 Å². The van der Waals surface area contributed by atoms with Crippen molar-refractivity contribution in [3.63, 3.8) is 0 Å². The van der Waals surface area contributed by atoms with Gasteiger partial charge in [0.25, 0.3) is 0 Å². The van der Waals surface area contributed by atoms with Crippen LogP contribution in [-0.4, -0.2) is 60.3 Å². The summed E-state index contributed by atoms with van der Waals surface area (Å²) in [6.45, 7) is 12.8. The molecule has 0 aromatic carbocycles. The Morgan fingerprint density at radius 1 is 0.571 bits per heavy atom. The maximum Gasteiger partial charge on any atom is 0.501 e. The van der Waals surface area contributed by atoms with E-state index < -0.39 is 8.80 Å². The molecule has 0 aromatic heterocycles. The van der Waals surface area contributed by atoms with Crippen molar-refractivity contribution in [2.45, 2.75) is 97.9 Å². The molecular weight excluding hydrogens is 434 g/mol. The van der Waals surface area contributed by atoms with Crippen molar-refractivity contribution in [2.24, 2.45) is 0 Å². The van der Waals surface area contributed by atoms with Gasteiger partial charge in [-0.2, -0.15) is 0 Å². The van der Waals surface area contributed by atoms with Gasteiger partial charge in [-0.25, -0.2) is 0 Å². The third-order valence-electron chi connectivity index (χ3n) is 5.21. The fraction of sp³-hybridized carbons (Fsp3) is 1.00. The van der Waals surface area contributed by atoms with Gasteiger partial charge < -0.3 is 34.7 Å². The van der Waals surface area contributed by atoms with Gasteiger partial charge in [0.15, 0.2) is 0 Å². The van der Waals surface area contributed by atoms with Gasteiger partial charge in [-0.05, 0) is 33.6 Å². The highest BCUT2D eigenvalue weighted by Crippen LogP contribution is 2.20. The van der Waals surface area contributed by atoms with Crippen LogP contribution in [0.5, 0.6) is 0 Å². The molecule has 0 aromatic rings. The molecule has 4 nitrogen and oxygen atoms in total. The fourth-order valence-electron chi connectivity index (χ4n) is 3.69. The highest BCUT2D eigenvalue weighted by Gasteiger charge is 2.40. The second-order valence-electron chi connectivity index (χ2n) is 8.30. The molecule has 0 heterocycles. The molecule has 172 valence electrons. The van der Waals surface area contributed by atoms with Crippen LogP contribution in [0.1, 0.15) is 91.9 Å². The van der Waals surface area contributed by atoms with Gasteiger partial charge in [0.2, 0.25) is 0 Å². The van der Waals surface area contributed by atoms with Crippen molar-refractivity contribution in [1.82, 2.24) is 0 Å². The summed E-state index contributed by atoms with van der Waals surface area (Å²) in [6, 6.07) is 0.932. The molecule has 0 amide bonds. The van der Waals surface area contributed by atoms with Crippen LogP contribution in [0.25, 0.3) is 0 Å². The average molecular weight is 485 g/mol. The normalized spacial score (nSPS) is 12.2. The van der Waals surface area contributed by atoms with Gasteiger partial charge in [-0.3, -0.25) is 0 Å². The van der Waals surface area contributed by atoms with Crippen molar-refractivity contribution in [1.29, 1.82) is 0 Å². The Kier molecular flexibility index (Phi) is 21.4. The maximum absolute atomic E-state index is 5.97. The lowest BCUT2D eigenvalue weighted by molar-refractivity contribution is -0.890. The van der Waals surface area contributed by atoms with E-state index in [1.807, 2.05) is 20.8 Å². The summed E-state index contributed by atoms with van der Waals surface area (Å²) in [5, 5.41) is 0. The van der Waals surface area contributed by atoms with E-state index >= 15 is 0 Å². The van der Waals surface area contributed by atoms with E-state index in [9.17, 15) is 0 Å². The summed E-state index contributed by atoms with van der Waals surface area (Å²) in [5.74, 6) is 0. The zero-order valence-corrected chi connectivity index (χ0v) is 22.4. The molecule has 0 aliphatic heterocycles. The molecule has 6 heteroatoms. The molecule has 0 aliphatic carbocycles. The molecule has 0 fully saturated rings. The van der Waals surface area contributed by atoms with Gasteiger partial charge in [0.1, 0.15) is 0 Å². The molecule has 0 unspecified atom stereocenters. The number of hydrogen-bond donors (Lipinski definition) is 0. The average Bonchev–Trinajstić information content (AvgIpc) is 2.61. The first-order valence-electron chi connectivity index (χ1n) is 11.7. The number of unbranched alkanes of at least 4 members (excludes halogenated alkanes) is 8. The van der Waals surface area contributed by atoms with Crippen molar-refractivity contribution < 1.29 is 34.7 Å². The molecule has 0 N–H and O–H groups in total. The smallest absolute Gasteiger partial charge is 0.501 e. The van der Waals surface area contributed by atoms with Gasteiger partial charge >= 0.3 is 8.80 Å². The summed E-state index contributed by atoms with van der Waals surface area (Å²) < 4.78 is 19.0. The second kappa shape index (κ2) is 19.5. The number of nitrogens with zero attached hydrogens (tertiary/aromatic N) is 1. The minimum Gasteiger partial charge on any atom is -1.00 e. The number of rotatable bonds is 20. The Bertz CT molecular complexity index is 316. The highest BCUT2D eigenvalue weighted by molar-refractivity contribution is 6.60. The second-order valence-corrected chi connectivity index (χ2v) is 11.0. The van der Waals surface area contributed by atoms with E-state index in [1.165, 1.54) is 70.9 Å². The van der Waals surface area contributed by atoms with E-state index in [0.717, 1.165) is 16.9 Å². The summed E-state index contributed by atoms with van der Waals surface area (Å²) in [5.41, 5.74) is 0. The molecule has 0 aliphatic rings. The van der Waals surface area contributed by atoms with Gasteiger partial charge in [0, 0.05) is 32.3 Å². The van der Waals surface area contributed by atoms with Crippen LogP contribution in [0.3, 0.4) is 0 Å². The molecule has 0 saturated carbocycles. The molecule has 0 radical (unpaired) electrons. The van der Waals surface area contributed by atoms with E-state index in [0.29, 0.717) is 19.8 Å². The molecule has 0 spiro atoms. The van der Waals surface area contributed by atoms with Crippen LogP contribution in [0.2, 0.25) is 6.04 Å². The van der Waals surface area contributed by atoms with Gasteiger partial charge in [0.05, 0.1) is 27.2 Å². The Hall–Kier alpha value is 0.537. The predicted octanol–water partition coefficient (Wildman–Crippen LogP) is 3.04. The highest BCUT2D eigenvalue weighted by atomic mass is 79.9. The molecular formula is C22H50BrNO3Si. The van der Waals surface area contributed by atoms with Crippen LogP contribution in [0.4, 0.5) is 0 Å². The first-order valence-corrected chi connectivity index (χ1v) is 13.6. The molecule has 0 atom stereocenters. The Morgan fingerprint density at radius 3 is 1.39 bits per heavy atom. The largest absolute Gasteiger partial charge is 1.00 e. The van der Waals surface area contributed by atoms with Crippen molar-refractivity contribution in [2.75, 3.05) is 47.0 Å². The Balaban J connectivity index is 0. The summed E-state index contributed by atoms with van der Waals surface area (Å²) >= 11 is 0. The lowest BCUT2D eigenvalue weighted by Gasteiger charge is -2.32. The van der Waals surface area contributed by atoms with Gasteiger partial charge in [-0.15, -0.1) is 0 Å². The maximum atomic E-state index is 5.97. The van der Waals surface area contributed by atoms with E-state index in [1.54, 1.807) is 0 Å². The minimum atomic E-state index is -2.47. The minimum absolute atomic E-state index is 0. The fourth-order valence-corrected chi connectivity index (χ4v) is 6.28. The Morgan fingerprint density at radius 2 is 0.964 bits per heavy atom. The Labute approximate surface area is 188 Å². The van der Waals surface area contributed by atoms with Crippen molar-refractivity contribution in [3.8, 4) is 0 Å². The van der Waals surface area contributed by atoms with Crippen molar-refractivity contribution in [3.05, 3.63) is 0 Å². The third-order valence-corrected chi connectivity index (χ3v) is 8.36. The summed E-state index contributed by atoms with van der Waals surface area (Å²) in [4.78, 5) is 0. The van der Waals surface area contributed by atoms with Crippen LogP contribution in [0, 0.1) is 0 Å². The topological polar surface area (TPSA) is 27.7 Å². The zero-order valence-electron chi connectivity index (χ0n) is 19.9.